The predicted octanol–water partition coefficient (Wildman–Crippen LogP) is 3.45. The van der Waals surface area contributed by atoms with E-state index in [1.165, 1.54) is 0 Å². The van der Waals surface area contributed by atoms with Gasteiger partial charge in [-0.15, -0.1) is 0 Å². The largest absolute Gasteiger partial charge is 0.299 e. The molecule has 0 heterocycles. The fraction of sp³-hybridized carbons (Fsp3) is 0.692. The van der Waals surface area contributed by atoms with Gasteiger partial charge in [-0.2, -0.15) is 0 Å². The molecule has 0 unspecified atom stereocenters. The molecular weight excluding hydrogens is 188 g/mol. The molecule has 0 fully saturated rings. The van der Waals surface area contributed by atoms with Crippen LogP contribution in [0.25, 0.3) is 0 Å². The number of allylic oxidation sites excluding steroid dienone is 2. The third kappa shape index (κ3) is 9.39. The van der Waals surface area contributed by atoms with E-state index in [0.29, 0.717) is 12.8 Å². The first-order valence-electron chi connectivity index (χ1n) is 5.89. The van der Waals surface area contributed by atoms with Crippen LogP contribution in [0.4, 0.5) is 0 Å². The lowest BCUT2D eigenvalue weighted by Gasteiger charge is -1.98. The summed E-state index contributed by atoms with van der Waals surface area (Å²) in [6, 6.07) is 0. The molecule has 0 N–H and O–H groups in total. The summed E-state index contributed by atoms with van der Waals surface area (Å²) in [5, 5.41) is 0. The van der Waals surface area contributed by atoms with Gasteiger partial charge < -0.3 is 0 Å². The van der Waals surface area contributed by atoms with Crippen LogP contribution in [-0.2, 0) is 9.59 Å². The summed E-state index contributed by atoms with van der Waals surface area (Å²) in [6.07, 6.45) is 8.96. The van der Waals surface area contributed by atoms with Gasteiger partial charge in [0, 0.05) is 12.8 Å². The number of rotatable bonds is 9. The van der Waals surface area contributed by atoms with E-state index in [2.05, 4.69) is 6.92 Å². The van der Waals surface area contributed by atoms with E-state index >= 15 is 0 Å². The summed E-state index contributed by atoms with van der Waals surface area (Å²) >= 11 is 0. The molecular formula is C13H22O2. The highest BCUT2D eigenvalue weighted by molar-refractivity contribution is 5.99. The van der Waals surface area contributed by atoms with E-state index in [-0.39, 0.29) is 18.0 Å². The average molecular weight is 210 g/mol. The fourth-order valence-electron chi connectivity index (χ4n) is 1.30. The first-order chi connectivity index (χ1) is 7.20. The van der Waals surface area contributed by atoms with Crippen LogP contribution in [0.15, 0.2) is 12.2 Å². The van der Waals surface area contributed by atoms with Gasteiger partial charge in [0.05, 0.1) is 6.42 Å². The standard InChI is InChI=1S/C13H22O2/c1-3-5-7-8-10-13(15)11-12(14)9-6-4-2/h5,7H,3-4,6,8-11H2,1-2H3. The summed E-state index contributed by atoms with van der Waals surface area (Å²) in [5.74, 6) is 0.179. The van der Waals surface area contributed by atoms with Crippen LogP contribution in [0.5, 0.6) is 0 Å². The lowest BCUT2D eigenvalue weighted by molar-refractivity contribution is -0.127. The number of ketones is 2. The SMILES string of the molecule is CCC=CCCC(=O)CC(=O)CCCC. The monoisotopic (exact) mass is 210 g/mol. The quantitative estimate of drug-likeness (QED) is 0.431. The van der Waals surface area contributed by atoms with Gasteiger partial charge in [0.1, 0.15) is 11.6 Å². The summed E-state index contributed by atoms with van der Waals surface area (Å²) in [7, 11) is 0. The van der Waals surface area contributed by atoms with Gasteiger partial charge in [-0.05, 0) is 19.3 Å². The molecule has 0 aromatic carbocycles. The molecule has 0 aliphatic carbocycles. The maximum absolute atomic E-state index is 11.3. The van der Waals surface area contributed by atoms with Crippen molar-refractivity contribution in [1.82, 2.24) is 0 Å². The van der Waals surface area contributed by atoms with Crippen molar-refractivity contribution in [2.75, 3.05) is 0 Å². The molecule has 0 rings (SSSR count). The van der Waals surface area contributed by atoms with Crippen molar-refractivity contribution in [3.8, 4) is 0 Å². The third-order valence-corrected chi connectivity index (χ3v) is 2.20. The number of hydrogen-bond acceptors (Lipinski definition) is 2. The van der Waals surface area contributed by atoms with E-state index < -0.39 is 0 Å². The summed E-state index contributed by atoms with van der Waals surface area (Å²) in [5.41, 5.74) is 0. The number of Topliss-reactive ketones (excluding diaryl/α,β-unsaturated/α-hetero) is 2. The van der Waals surface area contributed by atoms with Gasteiger partial charge in [0.2, 0.25) is 0 Å². The zero-order chi connectivity index (χ0) is 11.5. The summed E-state index contributed by atoms with van der Waals surface area (Å²) < 4.78 is 0. The topological polar surface area (TPSA) is 34.1 Å². The highest BCUT2D eigenvalue weighted by atomic mass is 16.1. The molecule has 0 atom stereocenters. The zero-order valence-electron chi connectivity index (χ0n) is 9.92. The van der Waals surface area contributed by atoms with Crippen LogP contribution in [-0.4, -0.2) is 11.6 Å². The minimum absolute atomic E-state index is 0.0804. The van der Waals surface area contributed by atoms with Crippen LogP contribution in [0, 0.1) is 0 Å². The Balaban J connectivity index is 3.55. The highest BCUT2D eigenvalue weighted by Gasteiger charge is 2.07. The number of hydrogen-bond donors (Lipinski definition) is 0. The first-order valence-corrected chi connectivity index (χ1v) is 5.89. The molecule has 0 radical (unpaired) electrons. The second-order valence-corrected chi connectivity index (χ2v) is 3.78. The Kier molecular flexibility index (Phi) is 9.04. The predicted molar refractivity (Wildman–Crippen MR) is 62.8 cm³/mol. The fourth-order valence-corrected chi connectivity index (χ4v) is 1.30. The molecule has 0 spiro atoms. The van der Waals surface area contributed by atoms with E-state index in [4.69, 9.17) is 0 Å². The number of carbonyl (C=O) groups excluding carboxylic acids is 2. The first kappa shape index (κ1) is 14.1. The molecule has 0 aliphatic rings. The molecule has 0 aromatic rings. The number of carbonyl (C=O) groups is 2. The molecule has 15 heavy (non-hydrogen) atoms. The third-order valence-electron chi connectivity index (χ3n) is 2.20. The Labute approximate surface area is 92.8 Å². The van der Waals surface area contributed by atoms with Crippen molar-refractivity contribution in [1.29, 1.82) is 0 Å². The van der Waals surface area contributed by atoms with Gasteiger partial charge in [0.25, 0.3) is 0 Å². The Bertz CT molecular complexity index is 217. The van der Waals surface area contributed by atoms with Gasteiger partial charge in [0.15, 0.2) is 0 Å². The van der Waals surface area contributed by atoms with E-state index in [0.717, 1.165) is 25.7 Å². The zero-order valence-corrected chi connectivity index (χ0v) is 9.92. The van der Waals surface area contributed by atoms with Gasteiger partial charge in [-0.1, -0.05) is 32.4 Å². The Morgan fingerprint density at radius 3 is 2.27 bits per heavy atom. The molecule has 0 aliphatic heterocycles. The Morgan fingerprint density at radius 1 is 1.00 bits per heavy atom. The minimum atomic E-state index is 0.0804. The molecule has 0 saturated carbocycles. The van der Waals surface area contributed by atoms with Gasteiger partial charge in [-0.25, -0.2) is 0 Å². The van der Waals surface area contributed by atoms with Crippen molar-refractivity contribution >= 4 is 11.6 Å². The minimum Gasteiger partial charge on any atom is -0.299 e. The van der Waals surface area contributed by atoms with Crippen molar-refractivity contribution in [3.63, 3.8) is 0 Å². The summed E-state index contributed by atoms with van der Waals surface area (Å²) in [6.45, 7) is 4.11. The van der Waals surface area contributed by atoms with Crippen molar-refractivity contribution in [2.24, 2.45) is 0 Å². The van der Waals surface area contributed by atoms with Gasteiger partial charge in [-0.3, -0.25) is 9.59 Å². The maximum atomic E-state index is 11.3. The van der Waals surface area contributed by atoms with Crippen LogP contribution in [0.3, 0.4) is 0 Å². The lowest BCUT2D eigenvalue weighted by atomic mass is 10.1. The maximum Gasteiger partial charge on any atom is 0.140 e. The molecule has 2 heteroatoms. The van der Waals surface area contributed by atoms with Crippen LogP contribution in [0.1, 0.15) is 58.8 Å². The highest BCUT2D eigenvalue weighted by Crippen LogP contribution is 2.03. The lowest BCUT2D eigenvalue weighted by Crippen LogP contribution is -2.06. The molecule has 0 aromatic heterocycles. The number of unbranched alkanes of at least 4 members (excludes halogenated alkanes) is 1. The van der Waals surface area contributed by atoms with E-state index in [9.17, 15) is 9.59 Å². The van der Waals surface area contributed by atoms with E-state index in [1.54, 1.807) is 0 Å². The van der Waals surface area contributed by atoms with Crippen molar-refractivity contribution in [2.45, 2.75) is 58.8 Å². The van der Waals surface area contributed by atoms with Crippen LogP contribution >= 0.6 is 0 Å². The molecule has 0 saturated heterocycles. The summed E-state index contributed by atoms with van der Waals surface area (Å²) in [4.78, 5) is 22.6. The molecule has 2 nitrogen and oxygen atoms in total. The molecule has 0 amide bonds. The van der Waals surface area contributed by atoms with Crippen LogP contribution in [0.2, 0.25) is 0 Å². The van der Waals surface area contributed by atoms with Crippen molar-refractivity contribution in [3.05, 3.63) is 12.2 Å². The van der Waals surface area contributed by atoms with Gasteiger partial charge >= 0.3 is 0 Å². The van der Waals surface area contributed by atoms with E-state index in [1.807, 2.05) is 19.1 Å². The second-order valence-electron chi connectivity index (χ2n) is 3.78. The molecule has 86 valence electrons. The molecule has 0 bridgehead atoms. The Hall–Kier alpha value is -0.920. The smallest absolute Gasteiger partial charge is 0.140 e. The average Bonchev–Trinajstić information content (AvgIpc) is 2.21. The van der Waals surface area contributed by atoms with Crippen molar-refractivity contribution < 1.29 is 9.59 Å². The normalized spacial score (nSPS) is 10.8. The van der Waals surface area contributed by atoms with Crippen LogP contribution < -0.4 is 0 Å². The second kappa shape index (κ2) is 9.63. The Morgan fingerprint density at radius 2 is 1.67 bits per heavy atom.